The fraction of sp³-hybridized carbons (Fsp3) is 0.500. The smallest absolute Gasteiger partial charge is 0.151 e. The zero-order valence-corrected chi connectivity index (χ0v) is 11.8. The molecule has 0 bridgehead atoms. The van der Waals surface area contributed by atoms with Gasteiger partial charge in [-0.2, -0.15) is 11.8 Å². The molecule has 3 heterocycles. The fourth-order valence-electron chi connectivity index (χ4n) is 2.68. The number of aliphatic hydroxyl groups excluding tert-OH is 2. The molecule has 0 amide bonds. The van der Waals surface area contributed by atoms with Crippen LogP contribution in [0.2, 0.25) is 0 Å². The lowest BCUT2D eigenvalue weighted by Gasteiger charge is -2.14. The van der Waals surface area contributed by atoms with E-state index in [1.54, 1.807) is 18.0 Å². The first-order valence-electron chi connectivity index (χ1n) is 6.32. The number of hydrogen-bond donors (Lipinski definition) is 5. The first-order valence-corrected chi connectivity index (χ1v) is 7.71. The monoisotopic (exact) mass is 295 g/mol. The van der Waals surface area contributed by atoms with Crippen molar-refractivity contribution in [2.24, 2.45) is 0 Å². The van der Waals surface area contributed by atoms with E-state index in [0.29, 0.717) is 16.9 Å². The number of nitrogens with zero attached hydrogens (tertiary/aromatic N) is 2. The number of rotatable bonds is 3. The number of hydrogen-bond acceptors (Lipinski definition) is 7. The average Bonchev–Trinajstić information content (AvgIpc) is 2.97. The molecular formula is C12H17N5O2S. The van der Waals surface area contributed by atoms with Crippen LogP contribution in [0.1, 0.15) is 11.6 Å². The molecule has 0 aromatic carbocycles. The second-order valence-electron chi connectivity index (χ2n) is 4.91. The van der Waals surface area contributed by atoms with Gasteiger partial charge in [0.25, 0.3) is 0 Å². The van der Waals surface area contributed by atoms with Crippen molar-refractivity contribution in [2.45, 2.75) is 24.3 Å². The number of fused-ring (bicyclic) bond motifs is 1. The van der Waals surface area contributed by atoms with Crippen molar-refractivity contribution in [1.82, 2.24) is 20.3 Å². The van der Waals surface area contributed by atoms with Gasteiger partial charge < -0.3 is 26.2 Å². The van der Waals surface area contributed by atoms with E-state index in [2.05, 4.69) is 20.3 Å². The molecular weight excluding hydrogens is 278 g/mol. The van der Waals surface area contributed by atoms with Gasteiger partial charge in [0, 0.05) is 23.6 Å². The van der Waals surface area contributed by atoms with Gasteiger partial charge in [0.05, 0.1) is 17.7 Å². The van der Waals surface area contributed by atoms with Crippen LogP contribution in [0.15, 0.2) is 12.5 Å². The Morgan fingerprint density at radius 2 is 2.15 bits per heavy atom. The normalized spacial score (nSPS) is 30.1. The molecule has 20 heavy (non-hydrogen) atoms. The lowest BCUT2D eigenvalue weighted by atomic mass is 10.0. The maximum atomic E-state index is 10.2. The second kappa shape index (κ2) is 5.21. The van der Waals surface area contributed by atoms with Gasteiger partial charge in [-0.1, -0.05) is 0 Å². The van der Waals surface area contributed by atoms with E-state index in [-0.39, 0.29) is 12.1 Å². The largest absolute Gasteiger partial charge is 0.389 e. The SMILES string of the molecule is CSC[C@H]1N[C@@H](c2c[nH]c3c(N)ncnc23)[C@H](O)[C@@H]1O. The molecule has 0 aliphatic carbocycles. The highest BCUT2D eigenvalue weighted by Crippen LogP contribution is 2.33. The third-order valence-corrected chi connectivity index (χ3v) is 4.39. The Balaban J connectivity index is 1.97. The predicted octanol–water partition coefficient (Wildman–Crippen LogP) is -0.362. The standard InChI is InChI=1S/C12H17N5O2S/c1-20-3-6-10(18)11(19)8(17-6)5-2-14-9-7(5)15-4-16-12(9)13/h2,4,6,8,10-11,14,17-19H,3H2,1H3,(H2,13,15,16)/t6-,8+,10-,11+/m1/s1. The van der Waals surface area contributed by atoms with Crippen LogP contribution < -0.4 is 11.1 Å². The summed E-state index contributed by atoms with van der Waals surface area (Å²) >= 11 is 1.62. The van der Waals surface area contributed by atoms with Gasteiger partial charge in [-0.25, -0.2) is 9.97 Å². The molecule has 4 atom stereocenters. The molecule has 0 radical (unpaired) electrons. The molecule has 3 rings (SSSR count). The summed E-state index contributed by atoms with van der Waals surface area (Å²) in [6, 6.07) is -0.515. The average molecular weight is 295 g/mol. The molecule has 7 nitrogen and oxygen atoms in total. The number of anilines is 1. The number of aromatic nitrogens is 3. The van der Waals surface area contributed by atoms with Crippen molar-refractivity contribution in [3.05, 3.63) is 18.1 Å². The Kier molecular flexibility index (Phi) is 3.55. The molecule has 108 valence electrons. The molecule has 1 aliphatic heterocycles. The number of aliphatic hydroxyl groups is 2. The zero-order valence-electron chi connectivity index (χ0n) is 10.9. The topological polar surface area (TPSA) is 120 Å². The summed E-state index contributed by atoms with van der Waals surface area (Å²) in [6.07, 6.45) is 3.45. The lowest BCUT2D eigenvalue weighted by Crippen LogP contribution is -2.34. The highest BCUT2D eigenvalue weighted by molar-refractivity contribution is 7.98. The minimum absolute atomic E-state index is 0.144. The second-order valence-corrected chi connectivity index (χ2v) is 5.82. The van der Waals surface area contributed by atoms with Crippen molar-refractivity contribution in [3.63, 3.8) is 0 Å². The number of nitrogens with one attached hydrogen (secondary N) is 2. The molecule has 6 N–H and O–H groups in total. The Labute approximate surface area is 120 Å². The van der Waals surface area contributed by atoms with Gasteiger partial charge in [-0.3, -0.25) is 0 Å². The summed E-state index contributed by atoms with van der Waals surface area (Å²) in [5.74, 6) is 1.10. The molecule has 1 saturated heterocycles. The summed E-state index contributed by atoms with van der Waals surface area (Å²) in [6.45, 7) is 0. The molecule has 8 heteroatoms. The maximum absolute atomic E-state index is 10.2. The van der Waals surface area contributed by atoms with Crippen molar-refractivity contribution in [2.75, 3.05) is 17.7 Å². The number of H-pyrrole nitrogens is 1. The minimum atomic E-state index is -0.873. The lowest BCUT2D eigenvalue weighted by molar-refractivity contribution is 0.0308. The molecule has 1 fully saturated rings. The van der Waals surface area contributed by atoms with E-state index in [0.717, 1.165) is 11.3 Å². The minimum Gasteiger partial charge on any atom is -0.389 e. The first kappa shape index (κ1) is 13.6. The van der Waals surface area contributed by atoms with Crippen molar-refractivity contribution < 1.29 is 10.2 Å². The van der Waals surface area contributed by atoms with E-state index in [9.17, 15) is 10.2 Å². The molecule has 0 saturated carbocycles. The van der Waals surface area contributed by atoms with Gasteiger partial charge in [-0.15, -0.1) is 0 Å². The quantitative estimate of drug-likeness (QED) is 0.524. The molecule has 1 aliphatic rings. The van der Waals surface area contributed by atoms with E-state index in [1.165, 1.54) is 6.33 Å². The summed E-state index contributed by atoms with van der Waals surface area (Å²) in [7, 11) is 0. The van der Waals surface area contributed by atoms with Crippen LogP contribution in [0.5, 0.6) is 0 Å². The summed E-state index contributed by atoms with van der Waals surface area (Å²) < 4.78 is 0. The van der Waals surface area contributed by atoms with Crippen LogP contribution in [-0.2, 0) is 0 Å². The van der Waals surface area contributed by atoms with Gasteiger partial charge >= 0.3 is 0 Å². The van der Waals surface area contributed by atoms with E-state index in [4.69, 9.17) is 5.73 Å². The van der Waals surface area contributed by atoms with E-state index >= 15 is 0 Å². The van der Waals surface area contributed by atoms with Crippen LogP contribution in [0.4, 0.5) is 5.82 Å². The maximum Gasteiger partial charge on any atom is 0.151 e. The van der Waals surface area contributed by atoms with E-state index in [1.807, 2.05) is 6.26 Å². The number of nitrogens with two attached hydrogens (primary N) is 1. The summed E-state index contributed by atoms with van der Waals surface area (Å²) in [4.78, 5) is 11.2. The van der Waals surface area contributed by atoms with Crippen LogP contribution in [0.25, 0.3) is 11.0 Å². The highest BCUT2D eigenvalue weighted by Gasteiger charge is 2.42. The molecule has 2 aromatic heterocycles. The Morgan fingerprint density at radius 3 is 2.90 bits per heavy atom. The van der Waals surface area contributed by atoms with Crippen LogP contribution in [0.3, 0.4) is 0 Å². The van der Waals surface area contributed by atoms with E-state index < -0.39 is 12.2 Å². The number of nitrogen functional groups attached to an aromatic ring is 1. The summed E-state index contributed by atoms with van der Waals surface area (Å²) in [5, 5.41) is 23.6. The van der Waals surface area contributed by atoms with Crippen molar-refractivity contribution >= 4 is 28.6 Å². The Bertz CT molecular complexity index is 619. The number of thioether (sulfide) groups is 1. The summed E-state index contributed by atoms with van der Waals surface area (Å²) in [5.41, 5.74) is 7.91. The molecule has 0 spiro atoms. The number of aromatic amines is 1. The van der Waals surface area contributed by atoms with Gasteiger partial charge in [-0.05, 0) is 6.26 Å². The van der Waals surface area contributed by atoms with Crippen LogP contribution >= 0.6 is 11.8 Å². The Hall–Kier alpha value is -1.35. The third-order valence-electron chi connectivity index (χ3n) is 3.70. The first-order chi connectivity index (χ1) is 9.63. The van der Waals surface area contributed by atoms with Crippen LogP contribution in [-0.4, -0.2) is 55.4 Å². The Morgan fingerprint density at radius 1 is 1.35 bits per heavy atom. The molecule has 2 aromatic rings. The van der Waals surface area contributed by atoms with Gasteiger partial charge in [0.15, 0.2) is 5.82 Å². The molecule has 0 unspecified atom stereocenters. The zero-order chi connectivity index (χ0) is 14.3. The van der Waals surface area contributed by atoms with Gasteiger partial charge in [0.1, 0.15) is 17.9 Å². The fourth-order valence-corrected chi connectivity index (χ4v) is 3.33. The van der Waals surface area contributed by atoms with Gasteiger partial charge in [0.2, 0.25) is 0 Å². The van der Waals surface area contributed by atoms with Crippen molar-refractivity contribution in [1.29, 1.82) is 0 Å². The third kappa shape index (κ3) is 2.05. The van der Waals surface area contributed by atoms with Crippen LogP contribution in [0, 0.1) is 0 Å². The predicted molar refractivity (Wildman–Crippen MR) is 78.4 cm³/mol. The highest BCUT2D eigenvalue weighted by atomic mass is 32.2. The van der Waals surface area contributed by atoms with Crippen molar-refractivity contribution in [3.8, 4) is 0 Å².